The third-order valence-electron chi connectivity index (χ3n) is 5.22. The van der Waals surface area contributed by atoms with Gasteiger partial charge in [0, 0.05) is 25.6 Å². The molecule has 0 aliphatic carbocycles. The zero-order valence-electron chi connectivity index (χ0n) is 14.9. The zero-order valence-corrected chi connectivity index (χ0v) is 14.9. The fourth-order valence-corrected chi connectivity index (χ4v) is 3.90. The molecule has 0 aromatic rings. The molecule has 2 saturated heterocycles. The van der Waals surface area contributed by atoms with E-state index < -0.39 is 0 Å². The number of carbonyl (C=O) groups is 2. The fourth-order valence-electron chi connectivity index (χ4n) is 3.90. The maximum absolute atomic E-state index is 12.3. The van der Waals surface area contributed by atoms with Crippen LogP contribution in [-0.4, -0.2) is 60.5 Å². The Bertz CT molecular complexity index is 411. The van der Waals surface area contributed by atoms with Crippen molar-refractivity contribution in [2.45, 2.75) is 70.9 Å². The SMILES string of the molecule is COC(=O)[C@@H]1CCCN1C1CCC(=O)N(CCCC(C)C)CC1. The van der Waals surface area contributed by atoms with Gasteiger partial charge in [0.25, 0.3) is 0 Å². The average molecular weight is 324 g/mol. The molecular formula is C18H32N2O3. The molecule has 2 aliphatic rings. The van der Waals surface area contributed by atoms with E-state index in [9.17, 15) is 9.59 Å². The Hall–Kier alpha value is -1.10. The molecule has 1 unspecified atom stereocenters. The number of likely N-dealkylation sites (tertiary alicyclic amines) is 2. The van der Waals surface area contributed by atoms with Crippen LogP contribution in [0.15, 0.2) is 0 Å². The first-order valence-electron chi connectivity index (χ1n) is 9.14. The van der Waals surface area contributed by atoms with E-state index in [2.05, 4.69) is 18.7 Å². The van der Waals surface area contributed by atoms with Crippen molar-refractivity contribution in [3.63, 3.8) is 0 Å². The Morgan fingerprint density at radius 1 is 1.26 bits per heavy atom. The van der Waals surface area contributed by atoms with Crippen LogP contribution in [0.1, 0.15) is 58.8 Å². The number of hydrogen-bond donors (Lipinski definition) is 0. The number of amides is 1. The van der Waals surface area contributed by atoms with Gasteiger partial charge in [0.2, 0.25) is 5.91 Å². The van der Waals surface area contributed by atoms with Crippen molar-refractivity contribution >= 4 is 11.9 Å². The second kappa shape index (κ2) is 8.67. The van der Waals surface area contributed by atoms with Crippen LogP contribution in [0.2, 0.25) is 0 Å². The van der Waals surface area contributed by atoms with E-state index in [0.717, 1.165) is 51.7 Å². The summed E-state index contributed by atoms with van der Waals surface area (Å²) in [4.78, 5) is 28.6. The molecule has 0 aromatic heterocycles. The smallest absolute Gasteiger partial charge is 0.323 e. The highest BCUT2D eigenvalue weighted by atomic mass is 16.5. The highest BCUT2D eigenvalue weighted by Crippen LogP contribution is 2.27. The van der Waals surface area contributed by atoms with Crippen LogP contribution in [0, 0.1) is 5.92 Å². The summed E-state index contributed by atoms with van der Waals surface area (Å²) in [5, 5.41) is 0. The lowest BCUT2D eigenvalue weighted by Crippen LogP contribution is -2.44. The first kappa shape index (κ1) is 18.2. The molecule has 2 heterocycles. The molecule has 5 nitrogen and oxygen atoms in total. The Morgan fingerprint density at radius 2 is 2.04 bits per heavy atom. The molecule has 1 amide bonds. The van der Waals surface area contributed by atoms with E-state index in [4.69, 9.17) is 4.74 Å². The molecule has 2 atom stereocenters. The second-order valence-electron chi connectivity index (χ2n) is 7.32. The first-order valence-corrected chi connectivity index (χ1v) is 9.14. The number of hydrogen-bond acceptors (Lipinski definition) is 4. The Kier molecular flexibility index (Phi) is 6.88. The minimum Gasteiger partial charge on any atom is -0.468 e. The Balaban J connectivity index is 1.89. The van der Waals surface area contributed by atoms with Crippen molar-refractivity contribution in [1.82, 2.24) is 9.80 Å². The number of nitrogens with zero attached hydrogens (tertiary/aromatic N) is 2. The van der Waals surface area contributed by atoms with Gasteiger partial charge < -0.3 is 9.64 Å². The fraction of sp³-hybridized carbons (Fsp3) is 0.889. The molecule has 0 saturated carbocycles. The van der Waals surface area contributed by atoms with Gasteiger partial charge in [-0.2, -0.15) is 0 Å². The van der Waals surface area contributed by atoms with Crippen LogP contribution < -0.4 is 0 Å². The molecule has 5 heteroatoms. The minimum absolute atomic E-state index is 0.104. The van der Waals surface area contributed by atoms with Crippen molar-refractivity contribution in [3.05, 3.63) is 0 Å². The molecule has 132 valence electrons. The Labute approximate surface area is 140 Å². The van der Waals surface area contributed by atoms with E-state index in [-0.39, 0.29) is 17.9 Å². The summed E-state index contributed by atoms with van der Waals surface area (Å²) in [6.45, 7) is 7.10. The summed E-state index contributed by atoms with van der Waals surface area (Å²) >= 11 is 0. The van der Waals surface area contributed by atoms with Crippen molar-refractivity contribution in [2.24, 2.45) is 5.92 Å². The summed E-state index contributed by atoms with van der Waals surface area (Å²) in [6.07, 6.45) is 6.63. The lowest BCUT2D eigenvalue weighted by Gasteiger charge is -2.31. The van der Waals surface area contributed by atoms with Crippen LogP contribution in [0.3, 0.4) is 0 Å². The van der Waals surface area contributed by atoms with E-state index in [1.54, 1.807) is 0 Å². The van der Waals surface area contributed by atoms with E-state index in [0.29, 0.717) is 18.4 Å². The predicted molar refractivity (Wildman–Crippen MR) is 90.0 cm³/mol. The van der Waals surface area contributed by atoms with Gasteiger partial charge in [0.05, 0.1) is 7.11 Å². The molecule has 2 aliphatic heterocycles. The first-order chi connectivity index (χ1) is 11.0. The standard InChI is InChI=1S/C18H32N2O3/c1-14(2)6-4-11-19-13-10-15(8-9-17(19)21)20-12-5-7-16(20)18(22)23-3/h14-16H,4-13H2,1-3H3/t15?,16-/m0/s1. The molecule has 0 spiro atoms. The lowest BCUT2D eigenvalue weighted by atomic mass is 10.1. The maximum Gasteiger partial charge on any atom is 0.323 e. The van der Waals surface area contributed by atoms with Crippen molar-refractivity contribution in [1.29, 1.82) is 0 Å². The summed E-state index contributed by atoms with van der Waals surface area (Å²) in [7, 11) is 1.46. The summed E-state index contributed by atoms with van der Waals surface area (Å²) in [5.74, 6) is 0.854. The van der Waals surface area contributed by atoms with Gasteiger partial charge >= 0.3 is 5.97 Å². The monoisotopic (exact) mass is 324 g/mol. The molecule has 0 bridgehead atoms. The Morgan fingerprint density at radius 3 is 2.74 bits per heavy atom. The van der Waals surface area contributed by atoms with Crippen molar-refractivity contribution < 1.29 is 14.3 Å². The van der Waals surface area contributed by atoms with Gasteiger partial charge in [-0.05, 0) is 51.0 Å². The molecule has 23 heavy (non-hydrogen) atoms. The quantitative estimate of drug-likeness (QED) is 0.704. The maximum atomic E-state index is 12.3. The predicted octanol–water partition coefficient (Wildman–Crippen LogP) is 2.44. The van der Waals surface area contributed by atoms with Crippen molar-refractivity contribution in [3.8, 4) is 0 Å². The van der Waals surface area contributed by atoms with E-state index >= 15 is 0 Å². The highest BCUT2D eigenvalue weighted by molar-refractivity contribution is 5.77. The molecule has 0 aromatic carbocycles. The van der Waals surface area contributed by atoms with Crippen LogP contribution in [0.5, 0.6) is 0 Å². The molecule has 0 N–H and O–H groups in total. The topological polar surface area (TPSA) is 49.9 Å². The summed E-state index contributed by atoms with van der Waals surface area (Å²) in [6, 6.07) is 0.230. The average Bonchev–Trinajstić information content (AvgIpc) is 2.94. The number of methoxy groups -OCH3 is 1. The summed E-state index contributed by atoms with van der Waals surface area (Å²) < 4.78 is 4.95. The third kappa shape index (κ3) is 4.93. The van der Waals surface area contributed by atoms with Crippen LogP contribution in [-0.2, 0) is 14.3 Å². The number of ether oxygens (including phenoxy) is 1. The summed E-state index contributed by atoms with van der Waals surface area (Å²) in [5.41, 5.74) is 0. The third-order valence-corrected chi connectivity index (χ3v) is 5.22. The normalized spacial score (nSPS) is 26.6. The van der Waals surface area contributed by atoms with Crippen molar-refractivity contribution in [2.75, 3.05) is 26.7 Å². The largest absolute Gasteiger partial charge is 0.468 e. The van der Waals surface area contributed by atoms with E-state index in [1.165, 1.54) is 13.5 Å². The highest BCUT2D eigenvalue weighted by Gasteiger charge is 2.37. The lowest BCUT2D eigenvalue weighted by molar-refractivity contribution is -0.146. The van der Waals surface area contributed by atoms with Crippen LogP contribution in [0.25, 0.3) is 0 Å². The van der Waals surface area contributed by atoms with Gasteiger partial charge in [-0.25, -0.2) is 0 Å². The van der Waals surface area contributed by atoms with Crippen LogP contribution in [0.4, 0.5) is 0 Å². The second-order valence-corrected chi connectivity index (χ2v) is 7.32. The van der Waals surface area contributed by atoms with E-state index in [1.807, 2.05) is 4.90 Å². The van der Waals surface area contributed by atoms with Gasteiger partial charge in [-0.1, -0.05) is 13.8 Å². The number of rotatable bonds is 6. The molecule has 0 radical (unpaired) electrons. The molecule has 2 fully saturated rings. The zero-order chi connectivity index (χ0) is 16.8. The number of carbonyl (C=O) groups excluding carboxylic acids is 2. The van der Waals surface area contributed by atoms with Gasteiger partial charge in [0.1, 0.15) is 6.04 Å². The molecular weight excluding hydrogens is 292 g/mol. The van der Waals surface area contributed by atoms with Gasteiger partial charge in [-0.15, -0.1) is 0 Å². The van der Waals surface area contributed by atoms with Gasteiger partial charge in [0.15, 0.2) is 0 Å². The van der Waals surface area contributed by atoms with Gasteiger partial charge in [-0.3, -0.25) is 14.5 Å². The minimum atomic E-state index is -0.119. The molecule has 2 rings (SSSR count). The number of esters is 1. The van der Waals surface area contributed by atoms with Crippen LogP contribution >= 0.6 is 0 Å².